The van der Waals surface area contributed by atoms with Crippen molar-refractivity contribution in [3.05, 3.63) is 29.8 Å². The number of hydrogen-bond acceptors (Lipinski definition) is 9. The molecule has 13 nitrogen and oxygen atoms in total. The first-order valence-electron chi connectivity index (χ1n) is 18.7. The molecule has 4 amide bonds. The van der Waals surface area contributed by atoms with Gasteiger partial charge < -0.3 is 30.3 Å². The molecule has 2 aliphatic heterocycles. The molecule has 52 heavy (non-hydrogen) atoms. The Balaban J connectivity index is 1.61. The van der Waals surface area contributed by atoms with Crippen LogP contribution in [-0.2, 0) is 38.5 Å². The van der Waals surface area contributed by atoms with E-state index in [4.69, 9.17) is 9.47 Å². The number of alkyl carbamates (subject to hydrolysis) is 1. The van der Waals surface area contributed by atoms with Crippen LogP contribution in [0.3, 0.4) is 0 Å². The number of sulfone groups is 1. The van der Waals surface area contributed by atoms with Gasteiger partial charge in [-0.25, -0.2) is 13.2 Å². The number of ether oxygens (including phenoxy) is 2. The van der Waals surface area contributed by atoms with Gasteiger partial charge in [0.25, 0.3) is 5.91 Å². The fourth-order valence-corrected chi connectivity index (χ4v) is 8.70. The number of esters is 1. The van der Waals surface area contributed by atoms with Gasteiger partial charge in [-0.2, -0.15) is 0 Å². The van der Waals surface area contributed by atoms with Crippen LogP contribution in [0.4, 0.5) is 4.79 Å². The first kappa shape index (κ1) is 41.1. The molecule has 290 valence electrons. The van der Waals surface area contributed by atoms with Gasteiger partial charge in [0.05, 0.1) is 10.9 Å². The van der Waals surface area contributed by atoms with Crippen LogP contribution in [0.1, 0.15) is 111 Å². The maximum atomic E-state index is 14.4. The molecule has 0 aromatic heterocycles. The number of benzene rings is 1. The average Bonchev–Trinajstić information content (AvgIpc) is 3.35. The Bertz CT molecular complexity index is 1570. The van der Waals surface area contributed by atoms with E-state index in [1.807, 2.05) is 6.92 Å². The topological polar surface area (TPSA) is 177 Å². The predicted molar refractivity (Wildman–Crippen MR) is 194 cm³/mol. The highest BCUT2D eigenvalue weighted by molar-refractivity contribution is 7.91. The monoisotopic (exact) mass is 746 g/mol. The molecule has 1 aromatic rings. The van der Waals surface area contributed by atoms with E-state index in [0.29, 0.717) is 19.4 Å². The lowest BCUT2D eigenvalue weighted by atomic mass is 9.97. The number of nitrogens with one attached hydrogen (secondary N) is 3. The van der Waals surface area contributed by atoms with Crippen molar-refractivity contribution in [3.63, 3.8) is 0 Å². The summed E-state index contributed by atoms with van der Waals surface area (Å²) in [6.07, 6.45) is 5.37. The van der Waals surface area contributed by atoms with Crippen LogP contribution in [0.5, 0.6) is 0 Å². The second kappa shape index (κ2) is 17.0. The van der Waals surface area contributed by atoms with E-state index < -0.39 is 69.4 Å². The van der Waals surface area contributed by atoms with Crippen LogP contribution >= 0.6 is 0 Å². The third-order valence-electron chi connectivity index (χ3n) is 10.6. The Morgan fingerprint density at radius 1 is 0.962 bits per heavy atom. The third-order valence-corrected chi connectivity index (χ3v) is 12.1. The molecule has 1 aliphatic carbocycles. The minimum absolute atomic E-state index is 0.0308. The minimum Gasteiger partial charge on any atom is -0.450 e. The Kier molecular flexibility index (Phi) is 13.4. The van der Waals surface area contributed by atoms with Crippen molar-refractivity contribution in [2.75, 3.05) is 12.4 Å². The molecule has 14 heteroatoms. The maximum absolute atomic E-state index is 14.4. The molecule has 3 fully saturated rings. The number of hydrogen-bond donors (Lipinski definition) is 3. The van der Waals surface area contributed by atoms with Crippen molar-refractivity contribution >= 4 is 39.6 Å². The number of carbonyl (C=O) groups excluding carboxylic acids is 5. The maximum Gasteiger partial charge on any atom is 0.408 e. The number of fused-ring (bicyclic) bond motifs is 3. The third kappa shape index (κ3) is 10.7. The molecule has 0 spiro atoms. The summed E-state index contributed by atoms with van der Waals surface area (Å²) < 4.78 is 37.1. The Morgan fingerprint density at radius 2 is 1.54 bits per heavy atom. The molecular weight excluding hydrogens is 689 g/mol. The van der Waals surface area contributed by atoms with E-state index in [1.165, 1.54) is 12.1 Å². The number of carbonyl (C=O) groups is 5. The Hall–Kier alpha value is -3.68. The van der Waals surface area contributed by atoms with E-state index in [0.717, 1.165) is 57.4 Å². The highest BCUT2D eigenvalue weighted by Crippen LogP contribution is 2.65. The van der Waals surface area contributed by atoms with Crippen LogP contribution in [0.2, 0.25) is 0 Å². The number of aryl methyl sites for hydroxylation is 1. The zero-order valence-corrected chi connectivity index (χ0v) is 32.6. The summed E-state index contributed by atoms with van der Waals surface area (Å²) in [5.41, 5.74) is -0.114. The summed E-state index contributed by atoms with van der Waals surface area (Å²) in [4.78, 5) is 69.2. The zero-order chi connectivity index (χ0) is 38.4. The van der Waals surface area contributed by atoms with Crippen LogP contribution < -0.4 is 16.0 Å². The molecule has 3 N–H and O–H groups in total. The van der Waals surface area contributed by atoms with E-state index in [2.05, 4.69) is 29.8 Å². The van der Waals surface area contributed by atoms with Crippen molar-refractivity contribution in [2.24, 2.45) is 17.3 Å². The van der Waals surface area contributed by atoms with Gasteiger partial charge in [-0.15, -0.1) is 0 Å². The molecule has 3 aliphatic rings. The highest BCUT2D eigenvalue weighted by Gasteiger charge is 2.69. The fourth-order valence-electron chi connectivity index (χ4n) is 7.65. The SMILES string of the molecule is CC(=O)OC(C(=O)NCS(=O)(=O)c1ccc(C)cc1)[C@@H]1CCCCCCCCCCC(NC(=O)OC(C)(C)C)C(=O)N2CC3C([C@H]2C(=O)N1)C3(C)C. The number of amides is 4. The lowest BCUT2D eigenvalue weighted by molar-refractivity contribution is -0.157. The van der Waals surface area contributed by atoms with Gasteiger partial charge in [0.1, 0.15) is 23.6 Å². The molecule has 6 atom stereocenters. The lowest BCUT2D eigenvalue weighted by Gasteiger charge is -2.35. The van der Waals surface area contributed by atoms with Gasteiger partial charge in [0.2, 0.25) is 11.8 Å². The Labute approximate surface area is 308 Å². The fraction of sp³-hybridized carbons (Fsp3) is 0.711. The molecule has 4 rings (SSSR count). The molecule has 2 saturated heterocycles. The second-order valence-electron chi connectivity index (χ2n) is 16.3. The smallest absolute Gasteiger partial charge is 0.408 e. The van der Waals surface area contributed by atoms with E-state index in [-0.39, 0.29) is 34.5 Å². The average molecular weight is 747 g/mol. The van der Waals surface area contributed by atoms with Crippen molar-refractivity contribution in [3.8, 4) is 0 Å². The van der Waals surface area contributed by atoms with Crippen LogP contribution in [0.15, 0.2) is 29.2 Å². The normalized spacial score (nSPS) is 26.4. The van der Waals surface area contributed by atoms with Crippen LogP contribution in [0, 0.1) is 24.2 Å². The summed E-state index contributed by atoms with van der Waals surface area (Å²) in [5.74, 6) is -3.33. The lowest BCUT2D eigenvalue weighted by Crippen LogP contribution is -2.59. The predicted octanol–water partition coefficient (Wildman–Crippen LogP) is 4.55. The van der Waals surface area contributed by atoms with Crippen LogP contribution in [-0.4, -0.2) is 85.4 Å². The van der Waals surface area contributed by atoms with Gasteiger partial charge >= 0.3 is 12.1 Å². The molecule has 2 heterocycles. The number of piperidine rings is 1. The van der Waals surface area contributed by atoms with Crippen molar-refractivity contribution in [2.45, 2.75) is 147 Å². The second-order valence-corrected chi connectivity index (χ2v) is 18.2. The van der Waals surface area contributed by atoms with Gasteiger partial charge in [0, 0.05) is 13.5 Å². The molecule has 1 saturated carbocycles. The zero-order valence-electron chi connectivity index (χ0n) is 31.8. The van der Waals surface area contributed by atoms with Gasteiger partial charge in [-0.05, 0) is 69.9 Å². The standard InChI is InChI=1S/C38H58N4O9S/c1-24-18-20-26(21-19-24)52(48,49)23-39-34(45)32(50-25(2)43)28-16-14-12-10-8-9-11-13-15-17-29(41-36(47)51-37(3,4)5)35(46)42-22-27-30(38(27,6)7)31(42)33(44)40-28/h18-21,27-32H,8-17,22-23H2,1-7H3,(H,39,45)(H,40,44)(H,41,47)/t27?,28-,29?,30?,31-,32?/m0/s1. The van der Waals surface area contributed by atoms with Crippen molar-refractivity contribution in [1.82, 2.24) is 20.9 Å². The quantitative estimate of drug-likeness (QED) is 0.338. The summed E-state index contributed by atoms with van der Waals surface area (Å²) in [5, 5.41) is 8.18. The number of nitrogens with zero attached hydrogens (tertiary/aromatic N) is 1. The van der Waals surface area contributed by atoms with Crippen LogP contribution in [0.25, 0.3) is 0 Å². The molecule has 4 unspecified atom stereocenters. The molecular formula is C38H58N4O9S. The molecule has 0 radical (unpaired) electrons. The van der Waals surface area contributed by atoms with Gasteiger partial charge in [-0.1, -0.05) is 82.9 Å². The summed E-state index contributed by atoms with van der Waals surface area (Å²) in [6.45, 7) is 12.7. The van der Waals surface area contributed by atoms with Gasteiger partial charge in [0.15, 0.2) is 15.9 Å². The van der Waals surface area contributed by atoms with Crippen molar-refractivity contribution < 1.29 is 41.9 Å². The first-order valence-corrected chi connectivity index (χ1v) is 20.3. The van der Waals surface area contributed by atoms with Crippen molar-refractivity contribution in [1.29, 1.82) is 0 Å². The summed E-state index contributed by atoms with van der Waals surface area (Å²) in [6, 6.07) is 3.45. The summed E-state index contributed by atoms with van der Waals surface area (Å²) in [7, 11) is -3.92. The summed E-state index contributed by atoms with van der Waals surface area (Å²) >= 11 is 0. The largest absolute Gasteiger partial charge is 0.450 e. The highest BCUT2D eigenvalue weighted by atomic mass is 32.2. The van der Waals surface area contributed by atoms with E-state index >= 15 is 0 Å². The first-order chi connectivity index (χ1) is 24.3. The Morgan fingerprint density at radius 3 is 2.12 bits per heavy atom. The molecule has 1 aromatic carbocycles. The van der Waals surface area contributed by atoms with E-state index in [1.54, 1.807) is 37.8 Å². The van der Waals surface area contributed by atoms with Gasteiger partial charge in [-0.3, -0.25) is 19.2 Å². The van der Waals surface area contributed by atoms with E-state index in [9.17, 15) is 32.4 Å². The minimum atomic E-state index is -3.92. The number of rotatable bonds is 7. The molecule has 0 bridgehead atoms.